The monoisotopic (exact) mass is 329 g/mol. The van der Waals surface area contributed by atoms with Crippen molar-refractivity contribution in [2.45, 2.75) is 31.5 Å². The van der Waals surface area contributed by atoms with E-state index < -0.39 is 24.5 Å². The number of nitrogen functional groups attached to an aromatic ring is 1. The van der Waals surface area contributed by atoms with Crippen molar-refractivity contribution in [2.24, 2.45) is 0 Å². The first kappa shape index (κ1) is 15.4. The van der Waals surface area contributed by atoms with Crippen molar-refractivity contribution in [3.8, 4) is 0 Å². The highest BCUT2D eigenvalue weighted by atomic mass is 35.5. The lowest BCUT2D eigenvalue weighted by molar-refractivity contribution is -0.0638. The maximum atomic E-state index is 10.2. The lowest BCUT2D eigenvalue weighted by Crippen LogP contribution is -2.33. The van der Waals surface area contributed by atoms with Gasteiger partial charge in [-0.2, -0.15) is 9.97 Å². The zero-order valence-electron chi connectivity index (χ0n) is 11.8. The Morgan fingerprint density at radius 1 is 1.41 bits per heavy atom. The van der Waals surface area contributed by atoms with Gasteiger partial charge in [-0.1, -0.05) is 0 Å². The van der Waals surface area contributed by atoms with E-state index in [-0.39, 0.29) is 17.7 Å². The third-order valence-electron chi connectivity index (χ3n) is 3.52. The third-order valence-corrected chi connectivity index (χ3v) is 3.69. The molecule has 0 spiro atoms. The second-order valence-corrected chi connectivity index (χ2v) is 5.25. The number of nitrogens with two attached hydrogens (primary N) is 1. The highest BCUT2D eigenvalue weighted by Gasteiger charge is 2.44. The molecule has 2 aromatic heterocycles. The molecule has 120 valence electrons. The van der Waals surface area contributed by atoms with Crippen molar-refractivity contribution in [3.63, 3.8) is 0 Å². The van der Waals surface area contributed by atoms with Crippen LogP contribution in [0.25, 0.3) is 11.2 Å². The first-order valence-electron chi connectivity index (χ1n) is 6.77. The molecule has 22 heavy (non-hydrogen) atoms. The second kappa shape index (κ2) is 5.94. The summed E-state index contributed by atoms with van der Waals surface area (Å²) in [5, 5.41) is 20.2. The van der Waals surface area contributed by atoms with Gasteiger partial charge in [-0.3, -0.25) is 4.57 Å². The minimum absolute atomic E-state index is 0.0364. The third kappa shape index (κ3) is 2.50. The number of halogens is 1. The molecule has 4 N–H and O–H groups in total. The van der Waals surface area contributed by atoms with Crippen molar-refractivity contribution in [2.75, 3.05) is 18.9 Å². The molecule has 1 aliphatic rings. The van der Waals surface area contributed by atoms with Gasteiger partial charge in [-0.05, 0) is 18.5 Å². The number of hydrogen-bond donors (Lipinski definition) is 3. The fourth-order valence-corrected chi connectivity index (χ4v) is 2.60. The molecule has 0 bridgehead atoms. The van der Waals surface area contributed by atoms with E-state index in [9.17, 15) is 10.2 Å². The largest absolute Gasteiger partial charge is 0.387 e. The Hall–Kier alpha value is -1.52. The Labute approximate surface area is 130 Å². The fourth-order valence-electron chi connectivity index (χ4n) is 2.43. The summed E-state index contributed by atoms with van der Waals surface area (Å²) in [6, 6.07) is 0. The Morgan fingerprint density at radius 3 is 2.91 bits per heavy atom. The topological polar surface area (TPSA) is 129 Å². The first-order valence-corrected chi connectivity index (χ1v) is 7.15. The standard InChI is InChI=1S/C12H16ClN5O4/c1-2-21-3-5-7(19)8(20)11(22-5)18-4-15-6-9(14)16-12(13)17-10(6)18/h4-5,7-8,11,19-20H,2-3H2,1H3,(H2,14,16,17)/t5-,7-,8-,11-/m1/s1. The van der Waals surface area contributed by atoms with Crippen LogP contribution in [0.2, 0.25) is 5.28 Å². The summed E-state index contributed by atoms with van der Waals surface area (Å²) in [4.78, 5) is 12.0. The summed E-state index contributed by atoms with van der Waals surface area (Å²) in [5.74, 6) is 0.132. The zero-order chi connectivity index (χ0) is 15.9. The lowest BCUT2D eigenvalue weighted by atomic mass is 10.1. The summed E-state index contributed by atoms with van der Waals surface area (Å²) in [6.45, 7) is 2.50. The van der Waals surface area contributed by atoms with Crippen molar-refractivity contribution in [3.05, 3.63) is 11.6 Å². The van der Waals surface area contributed by atoms with Crippen LogP contribution in [0.4, 0.5) is 5.82 Å². The lowest BCUT2D eigenvalue weighted by Gasteiger charge is -2.16. The highest BCUT2D eigenvalue weighted by molar-refractivity contribution is 6.28. The maximum absolute atomic E-state index is 10.2. The molecule has 0 amide bonds. The van der Waals surface area contributed by atoms with Crippen molar-refractivity contribution in [1.29, 1.82) is 0 Å². The van der Waals surface area contributed by atoms with E-state index in [0.29, 0.717) is 17.8 Å². The number of aromatic nitrogens is 4. The van der Waals surface area contributed by atoms with Gasteiger partial charge in [-0.25, -0.2) is 4.98 Å². The molecule has 0 radical (unpaired) electrons. The Morgan fingerprint density at radius 2 is 2.18 bits per heavy atom. The summed E-state index contributed by atoms with van der Waals surface area (Å²) in [7, 11) is 0. The Balaban J connectivity index is 1.94. The number of rotatable bonds is 4. The van der Waals surface area contributed by atoms with Crippen LogP contribution < -0.4 is 5.73 Å². The molecule has 0 saturated carbocycles. The van der Waals surface area contributed by atoms with Gasteiger partial charge in [0.2, 0.25) is 5.28 Å². The zero-order valence-corrected chi connectivity index (χ0v) is 12.5. The maximum Gasteiger partial charge on any atom is 0.226 e. The number of anilines is 1. The number of fused-ring (bicyclic) bond motifs is 1. The molecular formula is C12H16ClN5O4. The highest BCUT2D eigenvalue weighted by Crippen LogP contribution is 2.32. The quantitative estimate of drug-likeness (QED) is 0.653. The smallest absolute Gasteiger partial charge is 0.226 e. The molecule has 9 nitrogen and oxygen atoms in total. The molecule has 3 rings (SSSR count). The summed E-state index contributed by atoms with van der Waals surface area (Å²) >= 11 is 5.81. The summed E-state index contributed by atoms with van der Waals surface area (Å²) in [5.41, 5.74) is 6.41. The molecule has 1 fully saturated rings. The average molecular weight is 330 g/mol. The SMILES string of the molecule is CCOC[C@H]1O[C@@H](n2cnc3c(N)nc(Cl)nc32)[C@H](O)[C@@H]1O. The number of aliphatic hydroxyl groups is 2. The van der Waals surface area contributed by atoms with Crippen LogP contribution in [0.3, 0.4) is 0 Å². The molecule has 1 aliphatic heterocycles. The molecule has 1 saturated heterocycles. The van der Waals surface area contributed by atoms with Crippen LogP contribution >= 0.6 is 11.6 Å². The number of nitrogens with zero attached hydrogens (tertiary/aromatic N) is 4. The van der Waals surface area contributed by atoms with Gasteiger partial charge in [0.1, 0.15) is 23.8 Å². The molecule has 0 unspecified atom stereocenters. The number of hydrogen-bond acceptors (Lipinski definition) is 8. The fraction of sp³-hybridized carbons (Fsp3) is 0.583. The predicted octanol–water partition coefficient (Wildman–Crippen LogP) is -0.282. The van der Waals surface area contributed by atoms with Gasteiger partial charge >= 0.3 is 0 Å². The van der Waals surface area contributed by atoms with E-state index in [1.54, 1.807) is 0 Å². The molecule has 3 heterocycles. The van der Waals surface area contributed by atoms with Gasteiger partial charge < -0.3 is 25.4 Å². The van der Waals surface area contributed by atoms with Gasteiger partial charge in [0.05, 0.1) is 12.9 Å². The molecule has 10 heteroatoms. The van der Waals surface area contributed by atoms with Crippen LogP contribution in [0.5, 0.6) is 0 Å². The Bertz CT molecular complexity index is 681. The normalized spacial score (nSPS) is 28.5. The van der Waals surface area contributed by atoms with Crippen LogP contribution in [-0.4, -0.2) is 61.3 Å². The van der Waals surface area contributed by atoms with Gasteiger partial charge in [-0.15, -0.1) is 0 Å². The van der Waals surface area contributed by atoms with Crippen molar-refractivity contribution >= 4 is 28.6 Å². The van der Waals surface area contributed by atoms with E-state index in [4.69, 9.17) is 26.8 Å². The van der Waals surface area contributed by atoms with E-state index in [0.717, 1.165) is 0 Å². The summed E-state index contributed by atoms with van der Waals surface area (Å²) < 4.78 is 12.4. The van der Waals surface area contributed by atoms with Crippen LogP contribution in [0, 0.1) is 0 Å². The second-order valence-electron chi connectivity index (χ2n) is 4.91. The molecule has 2 aromatic rings. The van der Waals surface area contributed by atoms with E-state index in [1.165, 1.54) is 10.9 Å². The molecular weight excluding hydrogens is 314 g/mol. The minimum atomic E-state index is -1.15. The Kier molecular flexibility index (Phi) is 4.15. The van der Waals surface area contributed by atoms with Crippen molar-refractivity contribution in [1.82, 2.24) is 19.5 Å². The number of imidazole rings is 1. The van der Waals surface area contributed by atoms with E-state index in [2.05, 4.69) is 15.0 Å². The minimum Gasteiger partial charge on any atom is -0.387 e. The van der Waals surface area contributed by atoms with Crippen LogP contribution in [0.15, 0.2) is 6.33 Å². The number of aliphatic hydroxyl groups excluding tert-OH is 2. The van der Waals surface area contributed by atoms with E-state index >= 15 is 0 Å². The van der Waals surface area contributed by atoms with Gasteiger partial charge in [0.15, 0.2) is 17.7 Å². The van der Waals surface area contributed by atoms with E-state index in [1.807, 2.05) is 6.92 Å². The predicted molar refractivity (Wildman–Crippen MR) is 77.2 cm³/mol. The molecule has 0 aliphatic carbocycles. The van der Waals surface area contributed by atoms with Gasteiger partial charge in [0, 0.05) is 6.61 Å². The van der Waals surface area contributed by atoms with Crippen molar-refractivity contribution < 1.29 is 19.7 Å². The molecule has 0 aromatic carbocycles. The average Bonchev–Trinajstić information content (AvgIpc) is 3.00. The van der Waals surface area contributed by atoms with Crippen LogP contribution in [0.1, 0.15) is 13.2 Å². The number of ether oxygens (including phenoxy) is 2. The molecule has 4 atom stereocenters. The summed E-state index contributed by atoms with van der Waals surface area (Å²) in [6.07, 6.45) is -2.33. The first-order chi connectivity index (χ1) is 10.5. The van der Waals surface area contributed by atoms with Crippen LogP contribution in [-0.2, 0) is 9.47 Å². The van der Waals surface area contributed by atoms with Gasteiger partial charge in [0.25, 0.3) is 0 Å².